The summed E-state index contributed by atoms with van der Waals surface area (Å²) < 4.78 is 0. The monoisotopic (exact) mass is 404 g/mol. The number of phenols is 1. The topological polar surface area (TPSA) is 104 Å². The minimum atomic E-state index is -1.10. The molecule has 0 spiro atoms. The van der Waals surface area contributed by atoms with Crippen LogP contribution in [-0.4, -0.2) is 34.2 Å². The predicted octanol–water partition coefficient (Wildman–Crippen LogP) is 2.99. The number of amides is 1. The molecule has 0 heterocycles. The Balaban J connectivity index is 1.91. The maximum Gasteiger partial charge on any atom is 0.327 e. The number of hydrogen-bond acceptors (Lipinski definition) is 4. The van der Waals surface area contributed by atoms with Crippen LogP contribution in [0, 0.1) is 0 Å². The highest BCUT2D eigenvalue weighted by Crippen LogP contribution is 2.22. The summed E-state index contributed by atoms with van der Waals surface area (Å²) in [4.78, 5) is 26.8. The third-order valence-corrected chi connectivity index (χ3v) is 4.85. The van der Waals surface area contributed by atoms with Gasteiger partial charge in [-0.1, -0.05) is 60.7 Å². The van der Waals surface area contributed by atoms with Crippen molar-refractivity contribution in [2.75, 3.05) is 4.90 Å². The number of carboxylic acid groups (broad SMARTS) is 1. The number of carbonyl (C=O) groups is 2. The van der Waals surface area contributed by atoms with Crippen LogP contribution in [0.2, 0.25) is 0 Å². The summed E-state index contributed by atoms with van der Waals surface area (Å²) >= 11 is 0. The highest BCUT2D eigenvalue weighted by molar-refractivity contribution is 6.02. The summed E-state index contributed by atoms with van der Waals surface area (Å²) in [6, 6.07) is 22.3. The first-order valence-electron chi connectivity index (χ1n) is 9.64. The number of para-hydroxylation sites is 1. The molecule has 1 amide bonds. The molecule has 30 heavy (non-hydrogen) atoms. The number of phenolic OH excluding ortho intramolecular Hbond substituents is 1. The molecule has 0 saturated carbocycles. The number of benzene rings is 3. The molecular weight excluding hydrogens is 380 g/mol. The molecule has 0 bridgehead atoms. The largest absolute Gasteiger partial charge is 0.508 e. The van der Waals surface area contributed by atoms with E-state index in [9.17, 15) is 19.8 Å². The number of carbonyl (C=O) groups excluding carboxylic acids is 1. The van der Waals surface area contributed by atoms with E-state index in [1.54, 1.807) is 42.5 Å². The van der Waals surface area contributed by atoms with Crippen LogP contribution in [0.4, 0.5) is 5.69 Å². The summed E-state index contributed by atoms with van der Waals surface area (Å²) in [5, 5.41) is 19.4. The van der Waals surface area contributed by atoms with Crippen LogP contribution in [-0.2, 0) is 22.4 Å². The maximum absolute atomic E-state index is 13.3. The summed E-state index contributed by atoms with van der Waals surface area (Å²) in [7, 11) is 0. The second kappa shape index (κ2) is 9.71. The van der Waals surface area contributed by atoms with Crippen LogP contribution < -0.4 is 10.6 Å². The number of nitrogens with zero attached hydrogens (tertiary/aromatic N) is 1. The van der Waals surface area contributed by atoms with Gasteiger partial charge in [-0.25, -0.2) is 4.79 Å². The lowest BCUT2D eigenvalue weighted by atomic mass is 10.0. The molecule has 0 aliphatic heterocycles. The van der Waals surface area contributed by atoms with Crippen LogP contribution in [0.5, 0.6) is 5.75 Å². The quantitative estimate of drug-likeness (QED) is 0.535. The van der Waals surface area contributed by atoms with E-state index in [2.05, 4.69) is 0 Å². The van der Waals surface area contributed by atoms with Crippen LogP contribution in [0.3, 0.4) is 0 Å². The van der Waals surface area contributed by atoms with Gasteiger partial charge in [0.15, 0.2) is 0 Å². The minimum Gasteiger partial charge on any atom is -0.508 e. The molecule has 0 aromatic heterocycles. The van der Waals surface area contributed by atoms with E-state index in [0.29, 0.717) is 5.69 Å². The Kier molecular flexibility index (Phi) is 6.83. The Labute approximate surface area is 175 Å². The number of carboxylic acids is 1. The standard InChI is InChI=1S/C24H24N2O4/c25-21(15-18-11-13-20(27)14-12-18)23(28)26(19-9-5-2-6-10-19)22(24(29)30)16-17-7-3-1-4-8-17/h1-14,21-22,27H,15-16,25H2,(H,29,30). The molecule has 154 valence electrons. The van der Waals surface area contributed by atoms with E-state index in [-0.39, 0.29) is 18.6 Å². The molecular formula is C24H24N2O4. The Morgan fingerprint density at radius 2 is 1.33 bits per heavy atom. The van der Waals surface area contributed by atoms with Gasteiger partial charge in [-0.15, -0.1) is 0 Å². The van der Waals surface area contributed by atoms with Crippen molar-refractivity contribution >= 4 is 17.6 Å². The van der Waals surface area contributed by atoms with Crippen molar-refractivity contribution in [2.24, 2.45) is 5.73 Å². The highest BCUT2D eigenvalue weighted by Gasteiger charge is 2.34. The molecule has 0 radical (unpaired) electrons. The fourth-order valence-electron chi connectivity index (χ4n) is 3.33. The summed E-state index contributed by atoms with van der Waals surface area (Å²) in [6.07, 6.45) is 0.378. The minimum absolute atomic E-state index is 0.123. The molecule has 6 nitrogen and oxygen atoms in total. The summed E-state index contributed by atoms with van der Waals surface area (Å²) in [5.74, 6) is -1.45. The van der Waals surface area contributed by atoms with Crippen molar-refractivity contribution < 1.29 is 19.8 Å². The van der Waals surface area contributed by atoms with Gasteiger partial charge in [0.1, 0.15) is 11.8 Å². The van der Waals surface area contributed by atoms with Crippen molar-refractivity contribution in [1.29, 1.82) is 0 Å². The number of rotatable bonds is 8. The van der Waals surface area contributed by atoms with Gasteiger partial charge in [0.2, 0.25) is 5.91 Å². The van der Waals surface area contributed by atoms with Crippen molar-refractivity contribution in [2.45, 2.75) is 24.9 Å². The first-order chi connectivity index (χ1) is 14.5. The number of aliphatic carboxylic acids is 1. The van der Waals surface area contributed by atoms with E-state index < -0.39 is 24.0 Å². The van der Waals surface area contributed by atoms with E-state index in [0.717, 1.165) is 11.1 Å². The second-order valence-electron chi connectivity index (χ2n) is 7.06. The van der Waals surface area contributed by atoms with Crippen molar-refractivity contribution in [3.63, 3.8) is 0 Å². The van der Waals surface area contributed by atoms with E-state index in [4.69, 9.17) is 5.73 Å². The molecule has 0 aliphatic carbocycles. The van der Waals surface area contributed by atoms with Crippen molar-refractivity contribution in [1.82, 2.24) is 0 Å². The lowest BCUT2D eigenvalue weighted by molar-refractivity contribution is -0.140. The van der Waals surface area contributed by atoms with Gasteiger partial charge in [0.05, 0.1) is 6.04 Å². The Bertz CT molecular complexity index is 975. The number of nitrogens with two attached hydrogens (primary N) is 1. The SMILES string of the molecule is NC(Cc1ccc(O)cc1)C(=O)N(c1ccccc1)C(Cc1ccccc1)C(=O)O. The van der Waals surface area contributed by atoms with Gasteiger partial charge in [-0.3, -0.25) is 9.69 Å². The van der Waals surface area contributed by atoms with Crippen molar-refractivity contribution in [3.05, 3.63) is 96.1 Å². The van der Waals surface area contributed by atoms with Gasteiger partial charge in [0, 0.05) is 12.1 Å². The molecule has 3 rings (SSSR count). The zero-order chi connectivity index (χ0) is 21.5. The molecule has 4 N–H and O–H groups in total. The fourth-order valence-corrected chi connectivity index (χ4v) is 3.33. The number of aromatic hydroxyl groups is 1. The summed E-state index contributed by atoms with van der Waals surface area (Å²) in [6.45, 7) is 0. The van der Waals surface area contributed by atoms with Gasteiger partial charge >= 0.3 is 5.97 Å². The molecule has 2 atom stereocenters. The molecule has 0 saturated heterocycles. The first kappa shape index (κ1) is 21.1. The molecule has 3 aromatic rings. The normalized spacial score (nSPS) is 12.7. The van der Waals surface area contributed by atoms with Crippen LogP contribution in [0.1, 0.15) is 11.1 Å². The maximum atomic E-state index is 13.3. The predicted molar refractivity (Wildman–Crippen MR) is 115 cm³/mol. The van der Waals surface area contributed by atoms with Gasteiger partial charge in [-0.2, -0.15) is 0 Å². The Morgan fingerprint density at radius 1 is 0.800 bits per heavy atom. The van der Waals surface area contributed by atoms with Gasteiger partial charge in [0.25, 0.3) is 0 Å². The summed E-state index contributed by atoms with van der Waals surface area (Å²) in [5.41, 5.74) is 8.27. The van der Waals surface area contributed by atoms with Gasteiger partial charge in [-0.05, 0) is 41.8 Å². The molecule has 0 aliphatic rings. The molecule has 2 unspecified atom stereocenters. The highest BCUT2D eigenvalue weighted by atomic mass is 16.4. The van der Waals surface area contributed by atoms with E-state index in [1.807, 2.05) is 30.3 Å². The van der Waals surface area contributed by atoms with E-state index in [1.165, 1.54) is 17.0 Å². The van der Waals surface area contributed by atoms with Crippen LogP contribution in [0.15, 0.2) is 84.9 Å². The molecule has 6 heteroatoms. The van der Waals surface area contributed by atoms with E-state index >= 15 is 0 Å². The van der Waals surface area contributed by atoms with Crippen LogP contribution >= 0.6 is 0 Å². The third-order valence-electron chi connectivity index (χ3n) is 4.85. The zero-order valence-corrected chi connectivity index (χ0v) is 16.4. The second-order valence-corrected chi connectivity index (χ2v) is 7.06. The Hall–Kier alpha value is -3.64. The average Bonchev–Trinajstić information content (AvgIpc) is 2.76. The van der Waals surface area contributed by atoms with Gasteiger partial charge < -0.3 is 15.9 Å². The molecule has 0 fully saturated rings. The third kappa shape index (κ3) is 5.24. The van der Waals surface area contributed by atoms with Crippen LogP contribution in [0.25, 0.3) is 0 Å². The first-order valence-corrected chi connectivity index (χ1v) is 9.64. The van der Waals surface area contributed by atoms with Crippen molar-refractivity contribution in [3.8, 4) is 5.75 Å². The lowest BCUT2D eigenvalue weighted by Crippen LogP contribution is -2.53. The lowest BCUT2D eigenvalue weighted by Gasteiger charge is -2.31. The Morgan fingerprint density at radius 3 is 1.90 bits per heavy atom. The molecule has 3 aromatic carbocycles. The average molecular weight is 404 g/mol. The smallest absolute Gasteiger partial charge is 0.327 e. The zero-order valence-electron chi connectivity index (χ0n) is 16.4. The number of hydrogen-bond donors (Lipinski definition) is 3. The number of anilines is 1. The fraction of sp³-hybridized carbons (Fsp3) is 0.167.